The van der Waals surface area contributed by atoms with Gasteiger partial charge in [-0.1, -0.05) is 12.1 Å². The molecule has 1 atom stereocenters. The molecule has 6 heteroatoms. The quantitative estimate of drug-likeness (QED) is 0.583. The van der Waals surface area contributed by atoms with Gasteiger partial charge in [-0.2, -0.15) is 5.10 Å². The van der Waals surface area contributed by atoms with Crippen molar-refractivity contribution < 1.29 is 4.79 Å². The first-order chi connectivity index (χ1) is 12.0. The van der Waals surface area contributed by atoms with Gasteiger partial charge in [0.15, 0.2) is 0 Å². The van der Waals surface area contributed by atoms with Crippen molar-refractivity contribution in [3.05, 3.63) is 69.8 Å². The van der Waals surface area contributed by atoms with Gasteiger partial charge in [-0.25, -0.2) is 0 Å². The molecule has 3 aromatic rings. The van der Waals surface area contributed by atoms with E-state index >= 15 is 0 Å². The van der Waals surface area contributed by atoms with Crippen LogP contribution in [0.25, 0.3) is 5.69 Å². The fourth-order valence-electron chi connectivity index (χ4n) is 2.71. The Morgan fingerprint density at radius 1 is 1.28 bits per heavy atom. The zero-order valence-electron chi connectivity index (χ0n) is 14.3. The van der Waals surface area contributed by atoms with E-state index in [0.717, 1.165) is 20.5 Å². The van der Waals surface area contributed by atoms with Crippen molar-refractivity contribution in [2.24, 2.45) is 0 Å². The summed E-state index contributed by atoms with van der Waals surface area (Å²) in [6.07, 6.45) is 6.26. The number of nitrogens with one attached hydrogen (secondary N) is 1. The van der Waals surface area contributed by atoms with E-state index in [2.05, 4.69) is 49.7 Å². The number of amides is 1. The van der Waals surface area contributed by atoms with Crippen LogP contribution in [0.5, 0.6) is 0 Å². The predicted molar refractivity (Wildman–Crippen MR) is 107 cm³/mol. The van der Waals surface area contributed by atoms with Crippen molar-refractivity contribution in [1.29, 1.82) is 0 Å². The maximum Gasteiger partial charge on any atom is 0.222 e. The lowest BCUT2D eigenvalue weighted by molar-refractivity contribution is -0.122. The minimum atomic E-state index is -0.0399. The second kappa shape index (κ2) is 7.86. The number of hydrogen-bond donors (Lipinski definition) is 1. The normalized spacial score (nSPS) is 12.1. The van der Waals surface area contributed by atoms with Crippen LogP contribution in [-0.2, 0) is 11.3 Å². The largest absolute Gasteiger partial charge is 0.350 e. The predicted octanol–water partition coefficient (Wildman–Crippen LogP) is 3.85. The molecule has 0 aliphatic rings. The van der Waals surface area contributed by atoms with Crippen LogP contribution < -0.4 is 5.32 Å². The molecular formula is C19H21IN4O. The maximum atomic E-state index is 12.3. The van der Waals surface area contributed by atoms with Crippen LogP contribution in [0, 0.1) is 10.5 Å². The van der Waals surface area contributed by atoms with Crippen molar-refractivity contribution >= 4 is 28.5 Å². The standard InChI is InChI=1S/C19H21IN4O/c1-14(16-6-5-7-17(12-16)23-9-3-4-10-23)22-19(25)8-11-24-15(2)18(20)13-21-24/h3-7,9-10,12-14H,8,11H2,1-2H3,(H,22,25). The molecule has 2 heterocycles. The van der Waals surface area contributed by atoms with E-state index in [4.69, 9.17) is 0 Å². The van der Waals surface area contributed by atoms with Gasteiger partial charge < -0.3 is 9.88 Å². The highest BCUT2D eigenvalue weighted by Crippen LogP contribution is 2.17. The number of aromatic nitrogens is 3. The van der Waals surface area contributed by atoms with Crippen LogP contribution >= 0.6 is 22.6 Å². The Bertz CT molecular complexity index is 854. The molecule has 0 fully saturated rings. The summed E-state index contributed by atoms with van der Waals surface area (Å²) in [7, 11) is 0. The molecule has 1 amide bonds. The summed E-state index contributed by atoms with van der Waals surface area (Å²) in [5.41, 5.74) is 3.27. The van der Waals surface area contributed by atoms with Crippen LogP contribution in [-0.4, -0.2) is 20.3 Å². The summed E-state index contributed by atoms with van der Waals surface area (Å²) in [6, 6.07) is 12.2. The summed E-state index contributed by atoms with van der Waals surface area (Å²) >= 11 is 2.25. The highest BCUT2D eigenvalue weighted by Gasteiger charge is 2.11. The van der Waals surface area contributed by atoms with Crippen LogP contribution in [0.1, 0.15) is 30.6 Å². The van der Waals surface area contributed by atoms with Gasteiger partial charge in [0, 0.05) is 36.7 Å². The number of aryl methyl sites for hydroxylation is 1. The molecule has 0 radical (unpaired) electrons. The van der Waals surface area contributed by atoms with Crippen LogP contribution in [0.3, 0.4) is 0 Å². The van der Waals surface area contributed by atoms with Gasteiger partial charge in [0.2, 0.25) is 5.91 Å². The first kappa shape index (κ1) is 17.7. The van der Waals surface area contributed by atoms with E-state index in [1.54, 1.807) is 0 Å². The van der Waals surface area contributed by atoms with Crippen molar-refractivity contribution in [3.63, 3.8) is 0 Å². The van der Waals surface area contributed by atoms with Crippen molar-refractivity contribution in [2.45, 2.75) is 32.9 Å². The third kappa shape index (κ3) is 4.31. The average Bonchev–Trinajstić information content (AvgIpc) is 3.25. The number of nitrogens with zero attached hydrogens (tertiary/aromatic N) is 3. The summed E-state index contributed by atoms with van der Waals surface area (Å²) < 4.78 is 5.05. The zero-order valence-corrected chi connectivity index (χ0v) is 16.5. The van der Waals surface area contributed by atoms with E-state index in [0.29, 0.717) is 13.0 Å². The van der Waals surface area contributed by atoms with Gasteiger partial charge in [-0.3, -0.25) is 9.48 Å². The third-order valence-corrected chi connectivity index (χ3v) is 5.30. The van der Waals surface area contributed by atoms with E-state index < -0.39 is 0 Å². The molecule has 1 aromatic carbocycles. The number of rotatable bonds is 6. The second-order valence-corrected chi connectivity index (χ2v) is 7.19. The lowest BCUT2D eigenvalue weighted by Gasteiger charge is -2.16. The topological polar surface area (TPSA) is 51.9 Å². The third-order valence-electron chi connectivity index (χ3n) is 4.24. The van der Waals surface area contributed by atoms with Crippen LogP contribution in [0.2, 0.25) is 0 Å². The SMILES string of the molecule is Cc1c(I)cnn1CCC(=O)NC(C)c1cccc(-n2cccc2)c1. The van der Waals surface area contributed by atoms with Crippen molar-refractivity contribution in [3.8, 4) is 5.69 Å². The van der Waals surface area contributed by atoms with Gasteiger partial charge in [-0.05, 0) is 66.3 Å². The van der Waals surface area contributed by atoms with Crippen LogP contribution in [0.4, 0.5) is 0 Å². The maximum absolute atomic E-state index is 12.3. The first-order valence-corrected chi connectivity index (χ1v) is 9.33. The molecule has 0 bridgehead atoms. The lowest BCUT2D eigenvalue weighted by Crippen LogP contribution is -2.27. The fourth-order valence-corrected chi connectivity index (χ4v) is 3.12. The molecule has 0 saturated carbocycles. The van der Waals surface area contributed by atoms with Gasteiger partial charge in [0.05, 0.1) is 15.8 Å². The Balaban J connectivity index is 1.60. The molecular weight excluding hydrogens is 427 g/mol. The van der Waals surface area contributed by atoms with Gasteiger partial charge in [0.1, 0.15) is 0 Å². The molecule has 5 nitrogen and oxygen atoms in total. The smallest absolute Gasteiger partial charge is 0.222 e. The number of hydrogen-bond acceptors (Lipinski definition) is 2. The molecule has 0 spiro atoms. The Kier molecular flexibility index (Phi) is 5.57. The first-order valence-electron chi connectivity index (χ1n) is 8.25. The monoisotopic (exact) mass is 448 g/mol. The highest BCUT2D eigenvalue weighted by atomic mass is 127. The Hall–Kier alpha value is -2.09. The molecule has 0 aliphatic heterocycles. The number of halogens is 1. The average molecular weight is 448 g/mol. The van der Waals surface area contributed by atoms with Gasteiger partial charge in [0.25, 0.3) is 0 Å². The van der Waals surface area contributed by atoms with E-state index in [1.165, 1.54) is 0 Å². The van der Waals surface area contributed by atoms with Crippen molar-refractivity contribution in [1.82, 2.24) is 19.7 Å². The molecule has 2 aromatic heterocycles. The molecule has 0 saturated heterocycles. The highest BCUT2D eigenvalue weighted by molar-refractivity contribution is 14.1. The Morgan fingerprint density at radius 2 is 2.04 bits per heavy atom. The van der Waals surface area contributed by atoms with E-state index in [-0.39, 0.29) is 11.9 Å². The zero-order chi connectivity index (χ0) is 17.8. The van der Waals surface area contributed by atoms with E-state index in [1.807, 2.05) is 61.4 Å². The minimum absolute atomic E-state index is 0.0313. The van der Waals surface area contributed by atoms with Gasteiger partial charge >= 0.3 is 0 Å². The van der Waals surface area contributed by atoms with E-state index in [9.17, 15) is 4.79 Å². The summed E-state index contributed by atoms with van der Waals surface area (Å²) in [4.78, 5) is 12.3. The Morgan fingerprint density at radius 3 is 2.72 bits per heavy atom. The minimum Gasteiger partial charge on any atom is -0.350 e. The summed E-state index contributed by atoms with van der Waals surface area (Å²) in [6.45, 7) is 4.62. The number of benzene rings is 1. The lowest BCUT2D eigenvalue weighted by atomic mass is 10.1. The molecule has 3 rings (SSSR count). The molecule has 1 unspecified atom stereocenters. The van der Waals surface area contributed by atoms with Gasteiger partial charge in [-0.15, -0.1) is 0 Å². The summed E-state index contributed by atoms with van der Waals surface area (Å²) in [5, 5.41) is 7.37. The molecule has 130 valence electrons. The van der Waals surface area contributed by atoms with Crippen LogP contribution in [0.15, 0.2) is 55.0 Å². The molecule has 1 N–H and O–H groups in total. The number of carbonyl (C=O) groups excluding carboxylic acids is 1. The Labute approximate surface area is 161 Å². The van der Waals surface area contributed by atoms with Crippen molar-refractivity contribution in [2.75, 3.05) is 0 Å². The second-order valence-electron chi connectivity index (χ2n) is 6.03. The fraction of sp³-hybridized carbons (Fsp3) is 0.263. The summed E-state index contributed by atoms with van der Waals surface area (Å²) in [5.74, 6) is 0.0313. The molecule has 0 aliphatic carbocycles. The molecule has 25 heavy (non-hydrogen) atoms. The number of carbonyl (C=O) groups is 1.